The van der Waals surface area contributed by atoms with Gasteiger partial charge >= 0.3 is 5.69 Å². The van der Waals surface area contributed by atoms with E-state index in [0.717, 1.165) is 48.9 Å². The molecule has 2 atom stereocenters. The molecule has 1 fully saturated rings. The Balaban J connectivity index is 1.12. The molecule has 2 N–H and O–H groups in total. The Kier molecular flexibility index (Phi) is 7.37. The average molecular weight is 513 g/mol. The number of ether oxygens (including phenoxy) is 1. The molecule has 192 valence electrons. The van der Waals surface area contributed by atoms with Gasteiger partial charge in [-0.1, -0.05) is 23.7 Å². The number of hydrogen-bond donors (Lipinski definition) is 2. The molecule has 36 heavy (non-hydrogen) atoms. The summed E-state index contributed by atoms with van der Waals surface area (Å²) in [6.07, 6.45) is 1.85. The number of halogens is 1. The van der Waals surface area contributed by atoms with Crippen LogP contribution in [0.2, 0.25) is 5.02 Å². The number of likely N-dealkylation sites (tertiary alicyclic amines) is 1. The van der Waals surface area contributed by atoms with Crippen molar-refractivity contribution in [1.29, 1.82) is 0 Å². The molecule has 1 saturated heterocycles. The second kappa shape index (κ2) is 10.7. The quantitative estimate of drug-likeness (QED) is 0.484. The van der Waals surface area contributed by atoms with Crippen LogP contribution >= 0.6 is 11.6 Å². The van der Waals surface area contributed by atoms with Gasteiger partial charge in [-0.3, -0.25) is 13.9 Å². The van der Waals surface area contributed by atoms with Gasteiger partial charge in [0.05, 0.1) is 29.3 Å². The molecule has 1 amide bonds. The van der Waals surface area contributed by atoms with Crippen LogP contribution in [0, 0.1) is 5.92 Å². The topological polar surface area (TPSA) is 88.7 Å². The third-order valence-corrected chi connectivity index (χ3v) is 7.64. The molecule has 5 rings (SSSR count). The summed E-state index contributed by atoms with van der Waals surface area (Å²) >= 11 is 6.19. The lowest BCUT2D eigenvalue weighted by molar-refractivity contribution is 0.0214. The molecule has 2 aliphatic heterocycles. The van der Waals surface area contributed by atoms with E-state index in [2.05, 4.69) is 10.2 Å². The Morgan fingerprint density at radius 2 is 1.97 bits per heavy atom. The number of carbonyl (C=O) groups is 1. The Labute approximate surface area is 215 Å². The number of nitrogens with zero attached hydrogens (tertiary/aromatic N) is 3. The number of rotatable bonds is 8. The minimum absolute atomic E-state index is 0.0106. The van der Waals surface area contributed by atoms with Gasteiger partial charge in [-0.05, 0) is 62.7 Å². The third kappa shape index (κ3) is 4.90. The highest BCUT2D eigenvalue weighted by Gasteiger charge is 2.29. The average Bonchev–Trinajstić information content (AvgIpc) is 3.44. The Morgan fingerprint density at radius 3 is 2.72 bits per heavy atom. The predicted molar refractivity (Wildman–Crippen MR) is 140 cm³/mol. The number of aliphatic hydroxyl groups is 1. The lowest BCUT2D eigenvalue weighted by atomic mass is 9.93. The first-order chi connectivity index (χ1) is 17.5. The number of aliphatic hydroxyl groups excluding tert-OH is 1. The summed E-state index contributed by atoms with van der Waals surface area (Å²) in [5.41, 5.74) is 3.39. The minimum Gasteiger partial charge on any atom is -0.492 e. The van der Waals surface area contributed by atoms with Gasteiger partial charge in [0, 0.05) is 43.5 Å². The highest BCUT2D eigenvalue weighted by Crippen LogP contribution is 2.33. The van der Waals surface area contributed by atoms with E-state index in [4.69, 9.17) is 16.3 Å². The second-order valence-corrected chi connectivity index (χ2v) is 10.1. The molecule has 0 saturated carbocycles. The van der Waals surface area contributed by atoms with Gasteiger partial charge in [-0.25, -0.2) is 4.79 Å². The van der Waals surface area contributed by atoms with E-state index in [1.807, 2.05) is 46.4 Å². The fourth-order valence-corrected chi connectivity index (χ4v) is 5.73. The van der Waals surface area contributed by atoms with Crippen molar-refractivity contribution in [2.75, 3.05) is 32.8 Å². The summed E-state index contributed by atoms with van der Waals surface area (Å²) in [6.45, 7) is 6.45. The smallest absolute Gasteiger partial charge is 0.329 e. The van der Waals surface area contributed by atoms with Gasteiger partial charge in [0.25, 0.3) is 5.91 Å². The van der Waals surface area contributed by atoms with Crippen LogP contribution in [0.4, 0.5) is 0 Å². The number of carbonyl (C=O) groups excluding carboxylic acids is 1. The molecule has 3 aromatic rings. The zero-order chi connectivity index (χ0) is 25.2. The number of nitrogens with one attached hydrogen (secondary N) is 1. The molecule has 9 heteroatoms. The highest BCUT2D eigenvalue weighted by molar-refractivity contribution is 6.31. The number of aromatic nitrogens is 2. The van der Waals surface area contributed by atoms with Gasteiger partial charge in [0.1, 0.15) is 5.75 Å². The Bertz CT molecular complexity index is 1320. The molecule has 2 aliphatic rings. The van der Waals surface area contributed by atoms with Crippen molar-refractivity contribution in [3.8, 4) is 5.75 Å². The molecule has 3 heterocycles. The lowest BCUT2D eigenvalue weighted by Gasteiger charge is -2.36. The number of fused-ring (bicyclic) bond motifs is 2. The Morgan fingerprint density at radius 1 is 1.19 bits per heavy atom. The predicted octanol–water partition coefficient (Wildman–Crippen LogP) is 2.91. The third-order valence-electron chi connectivity index (χ3n) is 7.42. The van der Waals surface area contributed by atoms with E-state index in [-0.39, 0.29) is 17.5 Å². The number of benzene rings is 2. The van der Waals surface area contributed by atoms with Crippen LogP contribution in [0.25, 0.3) is 11.0 Å². The van der Waals surface area contributed by atoms with Crippen molar-refractivity contribution >= 4 is 28.5 Å². The minimum atomic E-state index is -0.523. The second-order valence-electron chi connectivity index (χ2n) is 9.69. The molecule has 2 aromatic carbocycles. The van der Waals surface area contributed by atoms with Crippen LogP contribution in [-0.2, 0) is 19.5 Å². The van der Waals surface area contributed by atoms with E-state index in [9.17, 15) is 14.7 Å². The first kappa shape index (κ1) is 24.9. The maximum atomic E-state index is 12.8. The molecule has 0 radical (unpaired) electrons. The number of β-amino-alcohol motifs (C(OH)–C–C–N with tert-alkyl or cyclic N) is 1. The number of amides is 1. The van der Waals surface area contributed by atoms with E-state index in [1.165, 1.54) is 0 Å². The fourth-order valence-electron chi connectivity index (χ4n) is 5.49. The van der Waals surface area contributed by atoms with Crippen LogP contribution in [0.1, 0.15) is 35.7 Å². The van der Waals surface area contributed by atoms with Gasteiger partial charge in [0.2, 0.25) is 0 Å². The number of piperidine rings is 1. The lowest BCUT2D eigenvalue weighted by Crippen LogP contribution is -2.48. The fraction of sp³-hybridized carbons (Fsp3) is 0.481. The van der Waals surface area contributed by atoms with Crippen LogP contribution in [0.15, 0.2) is 41.2 Å². The molecule has 2 unspecified atom stereocenters. The molecule has 1 aromatic heterocycles. The van der Waals surface area contributed by atoms with E-state index in [1.54, 1.807) is 6.07 Å². The number of para-hydroxylation sites is 2. The van der Waals surface area contributed by atoms with E-state index < -0.39 is 6.10 Å². The normalized spacial score (nSPS) is 19.9. The molecular formula is C27H33ClN4O4. The van der Waals surface area contributed by atoms with Crippen LogP contribution < -0.4 is 15.7 Å². The first-order valence-electron chi connectivity index (χ1n) is 12.8. The van der Waals surface area contributed by atoms with Crippen molar-refractivity contribution in [3.05, 3.63) is 63.0 Å². The zero-order valence-corrected chi connectivity index (χ0v) is 21.3. The molecular weight excluding hydrogens is 480 g/mol. The summed E-state index contributed by atoms with van der Waals surface area (Å²) in [6, 6.07) is 11.4. The van der Waals surface area contributed by atoms with Crippen molar-refractivity contribution in [1.82, 2.24) is 19.4 Å². The van der Waals surface area contributed by atoms with Gasteiger partial charge in [0.15, 0.2) is 0 Å². The Hall–Kier alpha value is -2.81. The van der Waals surface area contributed by atoms with Gasteiger partial charge in [-0.2, -0.15) is 0 Å². The molecule has 8 nitrogen and oxygen atoms in total. The maximum Gasteiger partial charge on any atom is 0.329 e. The van der Waals surface area contributed by atoms with Crippen molar-refractivity contribution in [2.24, 2.45) is 5.92 Å². The van der Waals surface area contributed by atoms with Gasteiger partial charge in [-0.15, -0.1) is 0 Å². The monoisotopic (exact) mass is 512 g/mol. The zero-order valence-electron chi connectivity index (χ0n) is 20.6. The number of hydrogen-bond acceptors (Lipinski definition) is 5. The van der Waals surface area contributed by atoms with Crippen molar-refractivity contribution < 1.29 is 14.6 Å². The largest absolute Gasteiger partial charge is 0.492 e. The van der Waals surface area contributed by atoms with E-state index in [0.29, 0.717) is 49.1 Å². The van der Waals surface area contributed by atoms with Crippen molar-refractivity contribution in [2.45, 2.75) is 45.4 Å². The molecule has 0 bridgehead atoms. The SMILES string of the molecule is CCn1c(=O)n(CCCN2CCC(CNC(=O)c3cc(Cl)cc4c3OCC4)C(O)C2)c2ccccc21. The first-order valence-corrected chi connectivity index (χ1v) is 13.2. The van der Waals surface area contributed by atoms with Crippen LogP contribution in [0.5, 0.6) is 5.75 Å². The maximum absolute atomic E-state index is 12.8. The van der Waals surface area contributed by atoms with E-state index >= 15 is 0 Å². The molecule has 0 spiro atoms. The summed E-state index contributed by atoms with van der Waals surface area (Å²) in [5.74, 6) is 0.388. The standard InChI is InChI=1S/C27H33ClN4O4/c1-2-31-22-6-3-4-7-23(22)32(27(31)35)11-5-10-30-12-8-19(24(33)17-30)16-29-26(34)21-15-20(28)14-18-9-13-36-25(18)21/h3-4,6-7,14-15,19,24,33H,2,5,8-13,16-17H2,1H3,(H,29,34). The highest BCUT2D eigenvalue weighted by atomic mass is 35.5. The number of imidazole rings is 1. The summed E-state index contributed by atoms with van der Waals surface area (Å²) < 4.78 is 9.31. The van der Waals surface area contributed by atoms with Gasteiger partial charge < -0.3 is 20.1 Å². The summed E-state index contributed by atoms with van der Waals surface area (Å²) in [5, 5.41) is 14.3. The summed E-state index contributed by atoms with van der Waals surface area (Å²) in [7, 11) is 0. The van der Waals surface area contributed by atoms with Crippen molar-refractivity contribution in [3.63, 3.8) is 0 Å². The number of aryl methyl sites for hydroxylation is 2. The molecule has 0 aliphatic carbocycles. The summed E-state index contributed by atoms with van der Waals surface area (Å²) in [4.78, 5) is 27.9. The van der Waals surface area contributed by atoms with Crippen LogP contribution in [0.3, 0.4) is 0 Å². The van der Waals surface area contributed by atoms with Crippen LogP contribution in [-0.4, -0.2) is 63.9 Å².